The van der Waals surface area contributed by atoms with Crippen molar-refractivity contribution in [2.24, 2.45) is 5.41 Å². The van der Waals surface area contributed by atoms with Crippen LogP contribution in [-0.2, 0) is 23.9 Å². The van der Waals surface area contributed by atoms with E-state index in [1.807, 2.05) is 0 Å². The Hall–Kier alpha value is -3.43. The summed E-state index contributed by atoms with van der Waals surface area (Å²) in [4.78, 5) is 63.8. The molecule has 0 saturated carbocycles. The van der Waals surface area contributed by atoms with Gasteiger partial charge in [-0.2, -0.15) is 0 Å². The number of ether oxygens (including phenoxy) is 3. The van der Waals surface area contributed by atoms with E-state index in [1.54, 1.807) is 20.8 Å². The summed E-state index contributed by atoms with van der Waals surface area (Å²) in [6.07, 6.45) is -1.09. The van der Waals surface area contributed by atoms with Crippen LogP contribution in [0.2, 0.25) is 0 Å². The number of cyclic esters (lactones) is 1. The molecule has 0 spiro atoms. The largest absolute Gasteiger partial charge is 0.495 e. The standard InChI is InChI=1S/C21H26N2O8/c1-20(2,3)15(24)14(23-18(27)21(4,5)31-19(23)28)16(25)22-12-10-11(17(26)30-7)8-9-13(12)29-6/h8-10,14H,1-7H3,(H,22,25). The smallest absolute Gasteiger partial charge is 0.418 e. The first-order valence-corrected chi connectivity index (χ1v) is 9.42. The Labute approximate surface area is 179 Å². The fourth-order valence-electron chi connectivity index (χ4n) is 2.92. The van der Waals surface area contributed by atoms with Gasteiger partial charge in [-0.05, 0) is 32.0 Å². The average Bonchev–Trinajstić information content (AvgIpc) is 2.88. The predicted molar refractivity (Wildman–Crippen MR) is 109 cm³/mol. The van der Waals surface area contributed by atoms with E-state index in [9.17, 15) is 24.0 Å². The fourth-order valence-corrected chi connectivity index (χ4v) is 2.92. The number of nitrogens with one attached hydrogen (secondary N) is 1. The van der Waals surface area contributed by atoms with E-state index in [4.69, 9.17) is 9.47 Å². The van der Waals surface area contributed by atoms with Crippen LogP contribution in [0.15, 0.2) is 18.2 Å². The monoisotopic (exact) mass is 434 g/mol. The van der Waals surface area contributed by atoms with Crippen molar-refractivity contribution in [2.75, 3.05) is 19.5 Å². The van der Waals surface area contributed by atoms with Crippen molar-refractivity contribution in [1.29, 1.82) is 0 Å². The number of carbonyl (C=O) groups excluding carboxylic acids is 5. The number of hydrogen-bond donors (Lipinski definition) is 1. The van der Waals surface area contributed by atoms with E-state index < -0.39 is 46.7 Å². The van der Waals surface area contributed by atoms with Gasteiger partial charge in [-0.3, -0.25) is 14.4 Å². The molecule has 1 fully saturated rings. The Morgan fingerprint density at radius 2 is 1.74 bits per heavy atom. The van der Waals surface area contributed by atoms with Crippen molar-refractivity contribution in [2.45, 2.75) is 46.3 Å². The highest BCUT2D eigenvalue weighted by molar-refractivity contribution is 6.19. The number of amides is 3. The first-order chi connectivity index (χ1) is 14.2. The zero-order valence-electron chi connectivity index (χ0n) is 18.5. The summed E-state index contributed by atoms with van der Waals surface area (Å²) in [6.45, 7) is 7.42. The Bertz CT molecular complexity index is 945. The van der Waals surface area contributed by atoms with E-state index in [-0.39, 0.29) is 17.0 Å². The van der Waals surface area contributed by atoms with Crippen LogP contribution in [-0.4, -0.2) is 60.4 Å². The third-order valence-electron chi connectivity index (χ3n) is 4.65. The van der Waals surface area contributed by atoms with Crippen molar-refractivity contribution in [1.82, 2.24) is 4.90 Å². The molecule has 0 aliphatic carbocycles. The Balaban J connectivity index is 2.50. The normalized spacial score (nSPS) is 16.4. The minimum absolute atomic E-state index is 0.0568. The molecule has 1 aromatic carbocycles. The second-order valence-corrected chi connectivity index (χ2v) is 8.47. The Morgan fingerprint density at radius 1 is 1.13 bits per heavy atom. The van der Waals surface area contributed by atoms with Crippen LogP contribution in [0.4, 0.5) is 10.5 Å². The van der Waals surface area contributed by atoms with Crippen LogP contribution in [0.25, 0.3) is 0 Å². The first-order valence-electron chi connectivity index (χ1n) is 9.42. The fraction of sp³-hybridized carbons (Fsp3) is 0.476. The molecule has 3 amide bonds. The van der Waals surface area contributed by atoms with E-state index in [2.05, 4.69) is 10.1 Å². The summed E-state index contributed by atoms with van der Waals surface area (Å²) in [5.41, 5.74) is -2.40. The predicted octanol–water partition coefficient (Wildman–Crippen LogP) is 2.16. The van der Waals surface area contributed by atoms with Gasteiger partial charge >= 0.3 is 12.1 Å². The van der Waals surface area contributed by atoms with Crippen LogP contribution >= 0.6 is 0 Å². The molecular weight excluding hydrogens is 408 g/mol. The number of ketones is 1. The summed E-state index contributed by atoms with van der Waals surface area (Å²) in [6, 6.07) is 2.38. The second kappa shape index (κ2) is 8.37. The summed E-state index contributed by atoms with van der Waals surface area (Å²) >= 11 is 0. The lowest BCUT2D eigenvalue weighted by Crippen LogP contribution is -2.55. The van der Waals surface area contributed by atoms with E-state index in [1.165, 1.54) is 46.3 Å². The molecule has 0 bridgehead atoms. The number of carbonyl (C=O) groups is 5. The molecule has 1 atom stereocenters. The minimum atomic E-state index is -1.78. The SMILES string of the molecule is COC(=O)c1ccc(OC)c(NC(=O)C(C(=O)C(C)(C)C)N2C(=O)OC(C)(C)C2=O)c1. The highest BCUT2D eigenvalue weighted by Gasteiger charge is 2.55. The maximum atomic E-state index is 13.2. The second-order valence-electron chi connectivity index (χ2n) is 8.47. The molecular formula is C21H26N2O8. The number of methoxy groups -OCH3 is 2. The maximum absolute atomic E-state index is 13.2. The number of benzene rings is 1. The molecule has 0 radical (unpaired) electrons. The van der Waals surface area contributed by atoms with Gasteiger partial charge in [-0.1, -0.05) is 20.8 Å². The molecule has 0 aromatic heterocycles. The Morgan fingerprint density at radius 3 is 2.19 bits per heavy atom. The molecule has 31 heavy (non-hydrogen) atoms. The molecule has 1 heterocycles. The summed E-state index contributed by atoms with van der Waals surface area (Å²) in [5, 5.41) is 2.49. The minimum Gasteiger partial charge on any atom is -0.495 e. The third-order valence-corrected chi connectivity index (χ3v) is 4.65. The number of anilines is 1. The molecule has 1 aliphatic rings. The van der Waals surface area contributed by atoms with Crippen LogP contribution in [0.3, 0.4) is 0 Å². The lowest BCUT2D eigenvalue weighted by molar-refractivity contribution is -0.145. The zero-order valence-corrected chi connectivity index (χ0v) is 18.5. The van der Waals surface area contributed by atoms with Gasteiger partial charge in [0.2, 0.25) is 0 Å². The number of rotatable bonds is 6. The number of nitrogens with zero attached hydrogens (tertiary/aromatic N) is 1. The number of esters is 1. The number of imide groups is 1. The molecule has 2 rings (SSSR count). The van der Waals surface area contributed by atoms with Gasteiger partial charge in [0.25, 0.3) is 11.8 Å². The molecule has 1 unspecified atom stereocenters. The van der Waals surface area contributed by atoms with Crippen LogP contribution in [0.1, 0.15) is 45.0 Å². The summed E-state index contributed by atoms with van der Waals surface area (Å²) in [5.74, 6) is -2.90. The highest BCUT2D eigenvalue weighted by Crippen LogP contribution is 2.31. The van der Waals surface area contributed by atoms with Gasteiger partial charge in [0.05, 0.1) is 25.5 Å². The van der Waals surface area contributed by atoms with Crippen LogP contribution < -0.4 is 10.1 Å². The highest BCUT2D eigenvalue weighted by atomic mass is 16.6. The lowest BCUT2D eigenvalue weighted by atomic mass is 9.85. The van der Waals surface area contributed by atoms with Gasteiger partial charge in [-0.15, -0.1) is 0 Å². The van der Waals surface area contributed by atoms with Crippen molar-refractivity contribution in [3.8, 4) is 5.75 Å². The molecule has 1 saturated heterocycles. The van der Waals surface area contributed by atoms with Crippen molar-refractivity contribution < 1.29 is 38.2 Å². The average molecular weight is 434 g/mol. The molecule has 168 valence electrons. The van der Waals surface area contributed by atoms with Gasteiger partial charge in [0.1, 0.15) is 5.75 Å². The molecule has 10 heteroatoms. The number of hydrogen-bond acceptors (Lipinski definition) is 8. The number of Topliss-reactive ketones (excluding diaryl/α,β-unsaturated/α-hetero) is 1. The van der Waals surface area contributed by atoms with Gasteiger partial charge in [0.15, 0.2) is 17.4 Å². The van der Waals surface area contributed by atoms with Gasteiger partial charge in [0, 0.05) is 5.41 Å². The van der Waals surface area contributed by atoms with E-state index >= 15 is 0 Å². The van der Waals surface area contributed by atoms with Crippen LogP contribution in [0.5, 0.6) is 5.75 Å². The zero-order chi connectivity index (χ0) is 23.7. The lowest BCUT2D eigenvalue weighted by Gasteiger charge is -2.28. The molecule has 10 nitrogen and oxygen atoms in total. The summed E-state index contributed by atoms with van der Waals surface area (Å²) in [7, 11) is 2.56. The summed E-state index contributed by atoms with van der Waals surface area (Å²) < 4.78 is 14.9. The topological polar surface area (TPSA) is 128 Å². The van der Waals surface area contributed by atoms with Crippen molar-refractivity contribution in [3.05, 3.63) is 23.8 Å². The first kappa shape index (κ1) is 23.8. The molecule has 1 N–H and O–H groups in total. The van der Waals surface area contributed by atoms with Crippen LogP contribution in [0, 0.1) is 5.41 Å². The van der Waals surface area contributed by atoms with Gasteiger partial charge < -0.3 is 19.5 Å². The molecule has 1 aromatic rings. The Kier molecular flexibility index (Phi) is 6.43. The quantitative estimate of drug-likeness (QED) is 0.533. The third kappa shape index (κ3) is 4.68. The molecule has 1 aliphatic heterocycles. The van der Waals surface area contributed by atoms with Gasteiger partial charge in [-0.25, -0.2) is 14.5 Å². The van der Waals surface area contributed by atoms with Crippen molar-refractivity contribution in [3.63, 3.8) is 0 Å². The maximum Gasteiger partial charge on any atom is 0.418 e. The van der Waals surface area contributed by atoms with Crippen molar-refractivity contribution >= 4 is 35.3 Å². The van der Waals surface area contributed by atoms with E-state index in [0.29, 0.717) is 4.90 Å². The van der Waals surface area contributed by atoms with E-state index in [0.717, 1.165) is 0 Å².